The lowest BCUT2D eigenvalue weighted by molar-refractivity contribution is -0.156. The van der Waals surface area contributed by atoms with Crippen LogP contribution in [0.2, 0.25) is 0 Å². The van der Waals surface area contributed by atoms with Crippen molar-refractivity contribution in [2.75, 3.05) is 27.8 Å². The molecule has 3 rings (SSSR count). The van der Waals surface area contributed by atoms with Gasteiger partial charge < -0.3 is 33.5 Å². The highest BCUT2D eigenvalue weighted by molar-refractivity contribution is 8.01. The Balaban J connectivity index is 1.32. The zero-order chi connectivity index (χ0) is 38.7. The number of rotatable bonds is 31. The highest BCUT2D eigenvalue weighted by atomic mass is 32.2. The summed E-state index contributed by atoms with van der Waals surface area (Å²) in [6, 6.07) is 10.2. The highest BCUT2D eigenvalue weighted by Gasteiger charge is 2.48. The molecule has 8 nitrogen and oxygen atoms in total. The third-order valence-corrected chi connectivity index (χ3v) is 12.2. The number of esters is 1. The molecule has 2 fully saturated rings. The van der Waals surface area contributed by atoms with E-state index < -0.39 is 10.9 Å². The predicted octanol–water partition coefficient (Wildman–Crippen LogP) is 10.6. The lowest BCUT2D eigenvalue weighted by atomic mass is 9.96. The summed E-state index contributed by atoms with van der Waals surface area (Å²) in [5.74, 6) is 6.39. The van der Waals surface area contributed by atoms with Gasteiger partial charge in [0.25, 0.3) is 0 Å². The van der Waals surface area contributed by atoms with Gasteiger partial charge in [-0.2, -0.15) is 0 Å². The van der Waals surface area contributed by atoms with Gasteiger partial charge in [-0.25, -0.2) is 0 Å². The molecule has 0 aliphatic carbocycles. The van der Waals surface area contributed by atoms with Crippen molar-refractivity contribution < 1.29 is 38.3 Å². The van der Waals surface area contributed by atoms with E-state index >= 15 is 0 Å². The van der Waals surface area contributed by atoms with E-state index in [4.69, 9.17) is 28.4 Å². The number of unbranched alkanes of at least 4 members (excludes halogenated alkanes) is 13. The first-order chi connectivity index (χ1) is 26.4. The smallest absolute Gasteiger partial charge is 0.322 e. The Labute approximate surface area is 332 Å². The fourth-order valence-electron chi connectivity index (χ4n) is 7.77. The van der Waals surface area contributed by atoms with E-state index in [1.165, 1.54) is 57.8 Å². The number of carbonyl (C=O) groups is 1. The summed E-state index contributed by atoms with van der Waals surface area (Å²) >= 11 is 1.66. The van der Waals surface area contributed by atoms with Gasteiger partial charge in [-0.1, -0.05) is 121 Å². The summed E-state index contributed by atoms with van der Waals surface area (Å²) in [4.78, 5) is 14.0. The van der Waals surface area contributed by atoms with Crippen LogP contribution in [0.5, 0.6) is 0 Å². The minimum Gasteiger partial charge on any atom is -0.462 e. The second-order valence-electron chi connectivity index (χ2n) is 15.5. The van der Waals surface area contributed by atoms with E-state index in [-0.39, 0.29) is 50.1 Å². The molecule has 0 radical (unpaired) electrons. The molecule has 1 N–H and O–H groups in total. The first-order valence-corrected chi connectivity index (χ1v) is 22.2. The van der Waals surface area contributed by atoms with Crippen LogP contribution in [-0.2, 0) is 33.2 Å². The molecule has 0 spiro atoms. The van der Waals surface area contributed by atoms with Gasteiger partial charge in [0.2, 0.25) is 0 Å². The van der Waals surface area contributed by atoms with Gasteiger partial charge in [0, 0.05) is 38.4 Å². The number of aliphatic hydroxyl groups is 1. The maximum absolute atomic E-state index is 12.9. The third-order valence-electron chi connectivity index (χ3n) is 10.8. The third kappa shape index (κ3) is 18.5. The molecule has 0 bridgehead atoms. The minimum atomic E-state index is -0.484. The maximum atomic E-state index is 12.9. The van der Waals surface area contributed by atoms with E-state index in [2.05, 4.69) is 30.9 Å². The minimum absolute atomic E-state index is 0.0125. The highest BCUT2D eigenvalue weighted by Crippen LogP contribution is 2.46. The van der Waals surface area contributed by atoms with Gasteiger partial charge in [0.15, 0.2) is 0 Å². The Morgan fingerprint density at radius 1 is 0.778 bits per heavy atom. The van der Waals surface area contributed by atoms with E-state index in [9.17, 15) is 9.90 Å². The number of hydrogen-bond donors (Lipinski definition) is 1. The standard InChI is InChI=1S/C45H74O8S/c1-5-6-7-8-9-10-11-12-15-21-29-40(50-35-48-3)42-31-32-43(53-42)41(51-36-49-4)30-23-22-26-38(46)25-18-14-13-16-24-33-45(34-37(2)52-44(45)47)54-39-27-19-17-20-28-39/h17,19-20,27-28,37-38,40-43,46H,5-16,18,21,24-26,29-36H2,1-4H3/t37-,38+,40+,41+,42+,43+,45+/m0/s1. The van der Waals surface area contributed by atoms with E-state index in [1.54, 1.807) is 26.0 Å². The molecule has 2 aliphatic rings. The molecular weight excluding hydrogens is 701 g/mol. The van der Waals surface area contributed by atoms with Crippen LogP contribution >= 0.6 is 11.8 Å². The van der Waals surface area contributed by atoms with Crippen molar-refractivity contribution in [3.05, 3.63) is 30.3 Å². The van der Waals surface area contributed by atoms with Gasteiger partial charge in [0.05, 0.1) is 30.5 Å². The molecule has 0 saturated carbocycles. The largest absolute Gasteiger partial charge is 0.462 e. The molecule has 7 atom stereocenters. The Hall–Kier alpha value is -1.64. The SMILES string of the molecule is CCCCCCCCCCCC[C@@H](OCOC)[C@H]1CC[C@H]([C@@H](CC#CC[C@H](O)CCCCCCC[C@@]2(Sc3ccccc3)C[C@H](C)OC2=O)OCOC)O1. The number of thioether (sulfide) groups is 1. The number of ether oxygens (including phenoxy) is 6. The van der Waals surface area contributed by atoms with Crippen molar-refractivity contribution in [2.24, 2.45) is 0 Å². The Morgan fingerprint density at radius 2 is 1.33 bits per heavy atom. The molecule has 2 saturated heterocycles. The first-order valence-electron chi connectivity index (χ1n) is 21.4. The van der Waals surface area contributed by atoms with Crippen LogP contribution in [0.25, 0.3) is 0 Å². The quantitative estimate of drug-likeness (QED) is 0.0342. The van der Waals surface area contributed by atoms with E-state index in [0.29, 0.717) is 12.8 Å². The summed E-state index contributed by atoms with van der Waals surface area (Å²) in [6.45, 7) is 4.73. The van der Waals surface area contributed by atoms with Crippen molar-refractivity contribution >= 4 is 17.7 Å². The summed E-state index contributed by atoms with van der Waals surface area (Å²) in [5.41, 5.74) is 0. The number of methoxy groups -OCH3 is 2. The fraction of sp³-hybridized carbons (Fsp3) is 0.800. The molecule has 2 aliphatic heterocycles. The Kier molecular flexibility index (Phi) is 24.8. The molecule has 2 heterocycles. The van der Waals surface area contributed by atoms with Gasteiger partial charge in [-0.3, -0.25) is 4.79 Å². The second kappa shape index (κ2) is 28.7. The zero-order valence-corrected chi connectivity index (χ0v) is 35.1. The zero-order valence-electron chi connectivity index (χ0n) is 34.2. The normalized spacial score (nSPS) is 22.8. The van der Waals surface area contributed by atoms with E-state index in [0.717, 1.165) is 81.9 Å². The summed E-state index contributed by atoms with van der Waals surface area (Å²) in [6.07, 6.45) is 23.7. The van der Waals surface area contributed by atoms with Crippen LogP contribution in [0.4, 0.5) is 0 Å². The van der Waals surface area contributed by atoms with Crippen molar-refractivity contribution in [3.63, 3.8) is 0 Å². The van der Waals surface area contributed by atoms with Crippen molar-refractivity contribution in [2.45, 2.75) is 208 Å². The van der Waals surface area contributed by atoms with Gasteiger partial charge in [-0.15, -0.1) is 23.6 Å². The number of hydrogen-bond acceptors (Lipinski definition) is 9. The predicted molar refractivity (Wildman–Crippen MR) is 218 cm³/mol. The van der Waals surface area contributed by atoms with Crippen LogP contribution in [0.1, 0.15) is 162 Å². The lowest BCUT2D eigenvalue weighted by Gasteiger charge is -2.26. The molecule has 0 unspecified atom stereocenters. The molecule has 1 aromatic rings. The molecule has 1 aromatic carbocycles. The first kappa shape index (κ1) is 46.7. The van der Waals surface area contributed by atoms with Crippen LogP contribution in [-0.4, -0.2) is 80.3 Å². The van der Waals surface area contributed by atoms with Crippen molar-refractivity contribution in [1.82, 2.24) is 0 Å². The van der Waals surface area contributed by atoms with E-state index in [1.807, 2.05) is 25.1 Å². The number of carbonyl (C=O) groups excluding carboxylic acids is 1. The summed E-state index contributed by atoms with van der Waals surface area (Å²) in [7, 11) is 3.30. The molecular formula is C45H74O8S. The van der Waals surface area contributed by atoms with Gasteiger partial charge in [-0.05, 0) is 51.2 Å². The molecule has 0 aromatic heterocycles. The second-order valence-corrected chi connectivity index (χ2v) is 17.0. The average Bonchev–Trinajstić information content (AvgIpc) is 3.76. The monoisotopic (exact) mass is 775 g/mol. The maximum Gasteiger partial charge on any atom is 0.322 e. The lowest BCUT2D eigenvalue weighted by Crippen LogP contribution is -2.34. The number of cyclic esters (lactones) is 1. The molecule has 308 valence electrons. The van der Waals surface area contributed by atoms with Crippen LogP contribution in [0, 0.1) is 11.8 Å². The number of benzene rings is 1. The Bertz CT molecular complexity index is 1160. The molecule has 0 amide bonds. The van der Waals surface area contributed by atoms with Crippen molar-refractivity contribution in [3.8, 4) is 11.8 Å². The summed E-state index contributed by atoms with van der Waals surface area (Å²) < 4.78 is 34.3. The Morgan fingerprint density at radius 3 is 1.94 bits per heavy atom. The topological polar surface area (TPSA) is 92.7 Å². The number of aliphatic hydroxyl groups excluding tert-OH is 1. The fourth-order valence-corrected chi connectivity index (χ4v) is 9.21. The van der Waals surface area contributed by atoms with Crippen molar-refractivity contribution in [1.29, 1.82) is 0 Å². The van der Waals surface area contributed by atoms with Gasteiger partial charge >= 0.3 is 5.97 Å². The molecule has 9 heteroatoms. The summed E-state index contributed by atoms with van der Waals surface area (Å²) in [5, 5.41) is 10.6. The van der Waals surface area contributed by atoms with Gasteiger partial charge in [0.1, 0.15) is 24.4 Å². The van der Waals surface area contributed by atoms with Crippen LogP contribution < -0.4 is 0 Å². The average molecular weight is 775 g/mol. The van der Waals surface area contributed by atoms with Crippen LogP contribution in [0.3, 0.4) is 0 Å². The van der Waals surface area contributed by atoms with Crippen LogP contribution in [0.15, 0.2) is 35.2 Å². The molecule has 54 heavy (non-hydrogen) atoms.